The van der Waals surface area contributed by atoms with Gasteiger partial charge in [-0.1, -0.05) is 40.9 Å². The highest BCUT2D eigenvalue weighted by Crippen LogP contribution is 2.35. The van der Waals surface area contributed by atoms with Gasteiger partial charge in [-0.3, -0.25) is 9.59 Å². The van der Waals surface area contributed by atoms with Crippen molar-refractivity contribution in [1.82, 2.24) is 15.2 Å². The normalized spacial score (nSPS) is 10.7. The first-order valence-corrected chi connectivity index (χ1v) is 10.3. The average Bonchev–Trinajstić information content (AvgIpc) is 3.10. The fourth-order valence-corrected chi connectivity index (χ4v) is 3.49. The molecule has 0 atom stereocenters. The summed E-state index contributed by atoms with van der Waals surface area (Å²) in [5, 5.41) is 2.86. The van der Waals surface area contributed by atoms with Gasteiger partial charge in [0.1, 0.15) is 11.4 Å². The van der Waals surface area contributed by atoms with Crippen LogP contribution in [-0.2, 0) is 6.54 Å². The number of nitrogen functional groups attached to an aromatic ring is 1. The second-order valence-corrected chi connectivity index (χ2v) is 8.17. The third kappa shape index (κ3) is 5.09. The lowest BCUT2D eigenvalue weighted by molar-refractivity contribution is 0.0828. The second kappa shape index (κ2) is 9.68. The summed E-state index contributed by atoms with van der Waals surface area (Å²) in [4.78, 5) is 28.6. The lowest BCUT2D eigenvalue weighted by Crippen LogP contribution is -2.24. The average molecular weight is 500 g/mol. The zero-order valence-electron chi connectivity index (χ0n) is 16.9. The van der Waals surface area contributed by atoms with Gasteiger partial charge in [-0.2, -0.15) is 0 Å². The van der Waals surface area contributed by atoms with Crippen LogP contribution in [-0.4, -0.2) is 35.8 Å². The van der Waals surface area contributed by atoms with Crippen molar-refractivity contribution in [1.29, 1.82) is 0 Å². The number of nitrogens with two attached hydrogens (primary N) is 1. The number of rotatable bonds is 6. The van der Waals surface area contributed by atoms with Crippen LogP contribution in [0.15, 0.2) is 36.5 Å². The van der Waals surface area contributed by atoms with Crippen LogP contribution in [0.1, 0.15) is 26.4 Å². The molecule has 2 aromatic carbocycles. The second-order valence-electron chi connectivity index (χ2n) is 6.95. The summed E-state index contributed by atoms with van der Waals surface area (Å²) in [5.74, 6) is -1.78. The van der Waals surface area contributed by atoms with Crippen molar-refractivity contribution in [3.63, 3.8) is 0 Å². The van der Waals surface area contributed by atoms with E-state index in [2.05, 4.69) is 10.3 Å². The number of nitrogens with one attached hydrogen (secondary N) is 2. The summed E-state index contributed by atoms with van der Waals surface area (Å²) in [6.07, 6.45) is 1.34. The Hall–Kier alpha value is -2.94. The molecule has 1 heterocycles. The monoisotopic (exact) mass is 498 g/mol. The number of aromatic nitrogens is 1. The van der Waals surface area contributed by atoms with E-state index in [-0.39, 0.29) is 50.8 Å². The molecule has 168 valence electrons. The van der Waals surface area contributed by atoms with E-state index < -0.39 is 11.7 Å². The fourth-order valence-electron chi connectivity index (χ4n) is 2.80. The molecule has 3 aromatic rings. The van der Waals surface area contributed by atoms with Gasteiger partial charge in [-0.05, 0) is 18.2 Å². The molecule has 0 bridgehead atoms. The Labute approximate surface area is 198 Å². The Kier molecular flexibility index (Phi) is 7.18. The largest absolute Gasteiger partial charge is 0.453 e. The van der Waals surface area contributed by atoms with Crippen LogP contribution in [0.4, 0.5) is 10.1 Å². The molecule has 0 unspecified atom stereocenters. The highest BCUT2D eigenvalue weighted by Gasteiger charge is 2.22. The molecular weight excluding hydrogens is 482 g/mol. The molecule has 32 heavy (non-hydrogen) atoms. The molecule has 0 aliphatic rings. The summed E-state index contributed by atoms with van der Waals surface area (Å²) in [5.41, 5.74) is 6.31. The summed E-state index contributed by atoms with van der Waals surface area (Å²) in [6.45, 7) is -0.192. The third-order valence-corrected chi connectivity index (χ3v) is 5.27. The number of anilines is 1. The van der Waals surface area contributed by atoms with E-state index in [1.165, 1.54) is 41.4 Å². The lowest BCUT2D eigenvalue weighted by atomic mass is 10.2. The highest BCUT2D eigenvalue weighted by atomic mass is 35.5. The molecule has 1 aromatic heterocycles. The number of carbonyl (C=O) groups is 2. The zero-order chi connectivity index (χ0) is 23.6. The van der Waals surface area contributed by atoms with Crippen molar-refractivity contribution in [3.05, 3.63) is 74.2 Å². The van der Waals surface area contributed by atoms with E-state index in [4.69, 9.17) is 45.3 Å². The number of amides is 2. The van der Waals surface area contributed by atoms with Crippen molar-refractivity contribution in [3.8, 4) is 11.5 Å². The quantitative estimate of drug-likeness (QED) is 0.410. The van der Waals surface area contributed by atoms with E-state index in [1.807, 2.05) is 0 Å². The van der Waals surface area contributed by atoms with Crippen LogP contribution in [0, 0.1) is 5.82 Å². The lowest BCUT2D eigenvalue weighted by Gasteiger charge is -2.13. The molecule has 11 heteroatoms. The Balaban J connectivity index is 1.78. The number of ether oxygens (including phenoxy) is 1. The number of nitrogens with zero attached hydrogens (tertiary/aromatic N) is 1. The standard InChI is InChI=1S/C21H18Cl3FN4O3/c1-29(2)21(31)14-9-27-18(16(14)24)20(30)28-8-10-3-4-15(23)19(17(10)25)32-13-6-11(22)5-12(26)7-13/h3-7,9,27H,8,26H2,1-2H3,(H,28,30). The van der Waals surface area contributed by atoms with Crippen molar-refractivity contribution in [2.75, 3.05) is 19.8 Å². The van der Waals surface area contributed by atoms with Gasteiger partial charge < -0.3 is 25.7 Å². The van der Waals surface area contributed by atoms with Gasteiger partial charge in [-0.15, -0.1) is 0 Å². The molecule has 0 spiro atoms. The van der Waals surface area contributed by atoms with Crippen molar-refractivity contribution in [2.24, 2.45) is 0 Å². The summed E-state index contributed by atoms with van der Waals surface area (Å²) in [6, 6.07) is 7.29. The molecular formula is C21H18Cl3FN4O3. The van der Waals surface area contributed by atoms with Gasteiger partial charge in [0.15, 0.2) is 11.6 Å². The molecule has 7 nitrogen and oxygen atoms in total. The Morgan fingerprint density at radius 3 is 2.56 bits per heavy atom. The maximum atomic E-state index is 15.0. The highest BCUT2D eigenvalue weighted by molar-refractivity contribution is 6.36. The number of aromatic amines is 1. The van der Waals surface area contributed by atoms with Crippen LogP contribution in [0.2, 0.25) is 15.1 Å². The smallest absolute Gasteiger partial charge is 0.269 e. The molecule has 3 rings (SSSR count). The molecule has 0 saturated carbocycles. The van der Waals surface area contributed by atoms with Crippen molar-refractivity contribution in [2.45, 2.75) is 6.54 Å². The van der Waals surface area contributed by atoms with Gasteiger partial charge in [0.05, 0.1) is 15.6 Å². The van der Waals surface area contributed by atoms with Crippen LogP contribution < -0.4 is 15.8 Å². The number of benzene rings is 2. The van der Waals surface area contributed by atoms with E-state index in [0.717, 1.165) is 0 Å². The van der Waals surface area contributed by atoms with Gasteiger partial charge in [0.25, 0.3) is 11.8 Å². The predicted molar refractivity (Wildman–Crippen MR) is 122 cm³/mol. The number of carbonyl (C=O) groups excluding carboxylic acids is 2. The predicted octanol–water partition coefficient (Wildman–Crippen LogP) is 5.12. The van der Waals surface area contributed by atoms with Crippen LogP contribution >= 0.6 is 34.8 Å². The minimum atomic E-state index is -0.766. The molecule has 0 saturated heterocycles. The number of halogens is 4. The first-order valence-electron chi connectivity index (χ1n) is 9.16. The Morgan fingerprint density at radius 1 is 1.19 bits per heavy atom. The topological polar surface area (TPSA) is 100 Å². The van der Waals surface area contributed by atoms with Gasteiger partial charge >= 0.3 is 0 Å². The minimum Gasteiger partial charge on any atom is -0.453 e. The van der Waals surface area contributed by atoms with Crippen molar-refractivity contribution >= 4 is 52.3 Å². The van der Waals surface area contributed by atoms with E-state index >= 15 is 4.39 Å². The van der Waals surface area contributed by atoms with E-state index in [9.17, 15) is 9.59 Å². The summed E-state index contributed by atoms with van der Waals surface area (Å²) in [7, 11) is 3.12. The van der Waals surface area contributed by atoms with E-state index in [1.54, 1.807) is 14.1 Å². The maximum Gasteiger partial charge on any atom is 0.269 e. The van der Waals surface area contributed by atoms with Crippen LogP contribution in [0.3, 0.4) is 0 Å². The van der Waals surface area contributed by atoms with Crippen LogP contribution in [0.5, 0.6) is 11.5 Å². The minimum absolute atomic E-state index is 0.0166. The number of H-pyrrole nitrogens is 1. The molecule has 2 amide bonds. The molecule has 0 radical (unpaired) electrons. The Bertz CT molecular complexity index is 1180. The van der Waals surface area contributed by atoms with Gasteiger partial charge in [-0.25, -0.2) is 4.39 Å². The summed E-state index contributed by atoms with van der Waals surface area (Å²) >= 11 is 18.2. The number of hydrogen-bond acceptors (Lipinski definition) is 4. The summed E-state index contributed by atoms with van der Waals surface area (Å²) < 4.78 is 20.6. The zero-order valence-corrected chi connectivity index (χ0v) is 19.2. The van der Waals surface area contributed by atoms with Gasteiger partial charge in [0.2, 0.25) is 0 Å². The molecule has 4 N–H and O–H groups in total. The maximum absolute atomic E-state index is 15.0. The third-order valence-electron chi connectivity index (χ3n) is 4.36. The van der Waals surface area contributed by atoms with Gasteiger partial charge in [0, 0.05) is 49.2 Å². The van der Waals surface area contributed by atoms with Crippen LogP contribution in [0.25, 0.3) is 0 Å². The fraction of sp³-hybridized carbons (Fsp3) is 0.143. The van der Waals surface area contributed by atoms with E-state index in [0.29, 0.717) is 10.7 Å². The number of hydrogen-bond donors (Lipinski definition) is 3. The Morgan fingerprint density at radius 2 is 1.91 bits per heavy atom. The molecule has 0 fully saturated rings. The molecule has 0 aliphatic carbocycles. The van der Waals surface area contributed by atoms with Crippen molar-refractivity contribution < 1.29 is 18.7 Å². The SMILES string of the molecule is CN(C)C(=O)c1c[nH]c(C(=O)NCc2ccc(Cl)c(Oc3cc(N)cc(Cl)c3)c2F)c1Cl. The first-order chi connectivity index (χ1) is 15.1. The first kappa shape index (κ1) is 23.7. The molecule has 0 aliphatic heterocycles.